The van der Waals surface area contributed by atoms with Gasteiger partial charge < -0.3 is 0 Å². The van der Waals surface area contributed by atoms with E-state index in [0.717, 1.165) is 0 Å². The highest BCUT2D eigenvalue weighted by Crippen LogP contribution is 2.18. The monoisotopic (exact) mass is 181 g/mol. The molecule has 61 valence electrons. The molecular weight excluding hydrogens is 172 g/mol. The first-order chi connectivity index (χ1) is 6.45. The van der Waals surface area contributed by atoms with Crippen LogP contribution in [0, 0.1) is 6.07 Å². The molecule has 0 saturated carbocycles. The lowest BCUT2D eigenvalue weighted by Gasteiger charge is -1.98. The van der Waals surface area contributed by atoms with Crippen molar-refractivity contribution in [1.82, 2.24) is 0 Å². The van der Waals surface area contributed by atoms with Crippen LogP contribution in [0.3, 0.4) is 0 Å². The molecule has 0 atom stereocenters. The van der Waals surface area contributed by atoms with Crippen LogP contribution in [0.25, 0.3) is 11.1 Å². The lowest BCUT2D eigenvalue weighted by molar-refractivity contribution is 1.70. The van der Waals surface area contributed by atoms with E-state index in [4.69, 9.17) is 0 Å². The standard InChI is InChI=1S/C12H9Si/c1-3-7-11-9(5-1)10-6-2-4-8-12(10)13-11/h1-3,5-8H,13H2. The fourth-order valence-electron chi connectivity index (χ4n) is 2.02. The third-order valence-electron chi connectivity index (χ3n) is 2.64. The second kappa shape index (κ2) is 2.57. The minimum Gasteiger partial charge on any atom is -0.0627 e. The molecule has 0 bridgehead atoms. The quantitative estimate of drug-likeness (QED) is 0.445. The van der Waals surface area contributed by atoms with Gasteiger partial charge in [-0.05, 0) is 17.2 Å². The first-order valence-electron chi connectivity index (χ1n) is 4.52. The van der Waals surface area contributed by atoms with Crippen molar-refractivity contribution in [3.8, 4) is 11.1 Å². The Balaban J connectivity index is 2.32. The van der Waals surface area contributed by atoms with Crippen molar-refractivity contribution in [3.05, 3.63) is 48.5 Å². The van der Waals surface area contributed by atoms with Crippen LogP contribution in [-0.4, -0.2) is 9.52 Å². The van der Waals surface area contributed by atoms with E-state index in [0.29, 0.717) is 0 Å². The van der Waals surface area contributed by atoms with E-state index in [2.05, 4.69) is 42.5 Å². The highest BCUT2D eigenvalue weighted by Gasteiger charge is 2.16. The third kappa shape index (κ3) is 0.973. The van der Waals surface area contributed by atoms with Gasteiger partial charge in [0.25, 0.3) is 0 Å². The molecule has 2 aromatic carbocycles. The second-order valence-electron chi connectivity index (χ2n) is 3.42. The summed E-state index contributed by atoms with van der Waals surface area (Å²) in [5.41, 5.74) is 2.90. The molecule has 0 unspecified atom stereocenters. The lowest BCUT2D eigenvalue weighted by Crippen LogP contribution is -2.20. The zero-order chi connectivity index (χ0) is 8.67. The van der Waals surface area contributed by atoms with E-state index >= 15 is 0 Å². The Bertz CT molecular complexity index is 417. The molecule has 0 nitrogen and oxygen atoms in total. The normalized spacial score (nSPS) is 12.3. The molecule has 13 heavy (non-hydrogen) atoms. The largest absolute Gasteiger partial charge is 0.0891 e. The summed E-state index contributed by atoms with van der Waals surface area (Å²) >= 11 is 0. The van der Waals surface area contributed by atoms with Gasteiger partial charge in [-0.15, -0.1) is 0 Å². The van der Waals surface area contributed by atoms with Gasteiger partial charge in [0.2, 0.25) is 0 Å². The van der Waals surface area contributed by atoms with Gasteiger partial charge in [-0.2, -0.15) is 0 Å². The van der Waals surface area contributed by atoms with Crippen molar-refractivity contribution in [3.63, 3.8) is 0 Å². The summed E-state index contributed by atoms with van der Waals surface area (Å²) in [5.74, 6) is 0. The van der Waals surface area contributed by atoms with E-state index in [-0.39, 0.29) is 9.52 Å². The molecule has 1 aliphatic heterocycles. The predicted molar refractivity (Wildman–Crippen MR) is 58.5 cm³/mol. The Morgan fingerprint density at radius 2 is 1.77 bits per heavy atom. The smallest absolute Gasteiger partial charge is 0.0627 e. The maximum atomic E-state index is 3.16. The van der Waals surface area contributed by atoms with Crippen molar-refractivity contribution in [2.45, 2.75) is 0 Å². The Kier molecular flexibility index (Phi) is 1.40. The molecule has 1 aliphatic rings. The number of rotatable bonds is 0. The molecule has 0 fully saturated rings. The SMILES string of the molecule is [c]1ccc2c(c1)[SiH2]c1ccccc1-2. The molecule has 0 saturated heterocycles. The highest BCUT2D eigenvalue weighted by atomic mass is 28.2. The van der Waals surface area contributed by atoms with Crippen LogP contribution in [0.15, 0.2) is 42.5 Å². The number of fused-ring (bicyclic) bond motifs is 3. The van der Waals surface area contributed by atoms with Crippen molar-refractivity contribution >= 4 is 19.9 Å². The Hall–Kier alpha value is -1.34. The third-order valence-corrected chi connectivity index (χ3v) is 4.60. The van der Waals surface area contributed by atoms with Crippen molar-refractivity contribution < 1.29 is 0 Å². The summed E-state index contributed by atoms with van der Waals surface area (Å²) in [6.07, 6.45) is 0. The number of hydrogen-bond donors (Lipinski definition) is 0. The molecule has 0 spiro atoms. The van der Waals surface area contributed by atoms with Crippen LogP contribution in [-0.2, 0) is 0 Å². The maximum absolute atomic E-state index is 3.16. The topological polar surface area (TPSA) is 0 Å². The van der Waals surface area contributed by atoms with Crippen molar-refractivity contribution in [2.24, 2.45) is 0 Å². The average molecular weight is 181 g/mol. The van der Waals surface area contributed by atoms with Gasteiger partial charge in [-0.3, -0.25) is 0 Å². The fourth-order valence-corrected chi connectivity index (χ4v) is 3.90. The number of benzene rings is 2. The van der Waals surface area contributed by atoms with Crippen molar-refractivity contribution in [2.75, 3.05) is 0 Å². The maximum Gasteiger partial charge on any atom is 0.0891 e. The summed E-state index contributed by atoms with van der Waals surface area (Å²) in [6, 6.07) is 18.3. The van der Waals surface area contributed by atoms with Crippen LogP contribution >= 0.6 is 0 Å². The van der Waals surface area contributed by atoms with Gasteiger partial charge in [0.15, 0.2) is 0 Å². The van der Waals surface area contributed by atoms with Crippen LogP contribution in [0.4, 0.5) is 0 Å². The first-order valence-corrected chi connectivity index (χ1v) is 5.94. The van der Waals surface area contributed by atoms with Gasteiger partial charge in [0, 0.05) is 0 Å². The van der Waals surface area contributed by atoms with Gasteiger partial charge in [0.1, 0.15) is 0 Å². The molecule has 2 aromatic rings. The van der Waals surface area contributed by atoms with Gasteiger partial charge in [0.05, 0.1) is 9.52 Å². The lowest BCUT2D eigenvalue weighted by atomic mass is 10.1. The molecule has 1 radical (unpaired) electrons. The summed E-state index contributed by atoms with van der Waals surface area (Å²) in [4.78, 5) is 0. The van der Waals surface area contributed by atoms with Gasteiger partial charge in [-0.1, -0.05) is 52.8 Å². The predicted octanol–water partition coefficient (Wildman–Crippen LogP) is 0.587. The fraction of sp³-hybridized carbons (Fsp3) is 0. The average Bonchev–Trinajstić information content (AvgIpc) is 2.56. The van der Waals surface area contributed by atoms with Crippen LogP contribution < -0.4 is 10.4 Å². The summed E-state index contributed by atoms with van der Waals surface area (Å²) < 4.78 is 0. The van der Waals surface area contributed by atoms with Crippen LogP contribution in [0.5, 0.6) is 0 Å². The van der Waals surface area contributed by atoms with E-state index in [9.17, 15) is 0 Å². The number of hydrogen-bond acceptors (Lipinski definition) is 0. The second-order valence-corrected chi connectivity index (χ2v) is 5.29. The summed E-state index contributed by atoms with van der Waals surface area (Å²) in [6.45, 7) is 0. The molecule has 3 rings (SSSR count). The molecular formula is C12H9Si. The molecule has 0 N–H and O–H groups in total. The van der Waals surface area contributed by atoms with E-state index in [1.54, 1.807) is 10.4 Å². The highest BCUT2D eigenvalue weighted by molar-refractivity contribution is 6.73. The van der Waals surface area contributed by atoms with Crippen molar-refractivity contribution in [1.29, 1.82) is 0 Å². The minimum absolute atomic E-state index is 0.191. The van der Waals surface area contributed by atoms with Gasteiger partial charge in [-0.25, -0.2) is 0 Å². The Morgan fingerprint density at radius 3 is 2.77 bits per heavy atom. The molecule has 0 aliphatic carbocycles. The van der Waals surface area contributed by atoms with E-state index in [1.165, 1.54) is 11.1 Å². The molecule has 0 aromatic heterocycles. The first kappa shape index (κ1) is 7.10. The summed E-state index contributed by atoms with van der Waals surface area (Å²) in [5, 5.41) is 3.13. The van der Waals surface area contributed by atoms with E-state index < -0.39 is 0 Å². The van der Waals surface area contributed by atoms with E-state index in [1.807, 2.05) is 6.07 Å². The molecule has 1 heterocycles. The Morgan fingerprint density at radius 1 is 0.923 bits per heavy atom. The molecule has 1 heteroatoms. The van der Waals surface area contributed by atoms with Crippen LogP contribution in [0.2, 0.25) is 0 Å². The summed E-state index contributed by atoms with van der Waals surface area (Å²) in [7, 11) is -0.191. The molecule has 0 amide bonds. The zero-order valence-electron chi connectivity index (χ0n) is 7.25. The Labute approximate surface area is 80.1 Å². The minimum atomic E-state index is -0.191. The zero-order valence-corrected chi connectivity index (χ0v) is 8.66. The van der Waals surface area contributed by atoms with Crippen LogP contribution in [0.1, 0.15) is 0 Å². The van der Waals surface area contributed by atoms with Gasteiger partial charge >= 0.3 is 0 Å².